The summed E-state index contributed by atoms with van der Waals surface area (Å²) in [5, 5.41) is 0. The molecule has 1 aliphatic heterocycles. The van der Waals surface area contributed by atoms with E-state index in [1.165, 1.54) is 5.69 Å². The van der Waals surface area contributed by atoms with E-state index >= 15 is 0 Å². The summed E-state index contributed by atoms with van der Waals surface area (Å²) in [6, 6.07) is 10.3. The summed E-state index contributed by atoms with van der Waals surface area (Å²) >= 11 is 0. The van der Waals surface area contributed by atoms with E-state index in [0.29, 0.717) is 12.2 Å². The molecule has 1 aromatic rings. The first kappa shape index (κ1) is 9.25. The van der Waals surface area contributed by atoms with Crippen molar-refractivity contribution in [3.8, 4) is 0 Å². The van der Waals surface area contributed by atoms with E-state index in [2.05, 4.69) is 17.0 Å². The number of anilines is 1. The third-order valence-electron chi connectivity index (χ3n) is 2.79. The van der Waals surface area contributed by atoms with Gasteiger partial charge in [0.2, 0.25) is 0 Å². The van der Waals surface area contributed by atoms with Crippen molar-refractivity contribution in [1.29, 1.82) is 0 Å². The van der Waals surface area contributed by atoms with Crippen molar-refractivity contribution >= 4 is 11.5 Å². The highest BCUT2D eigenvalue weighted by Gasteiger charge is 2.23. The highest BCUT2D eigenvalue weighted by Crippen LogP contribution is 2.20. The third-order valence-corrected chi connectivity index (χ3v) is 2.79. The number of hydrogen-bond acceptors (Lipinski definition) is 2. The lowest BCUT2D eigenvalue weighted by atomic mass is 9.98. The van der Waals surface area contributed by atoms with E-state index in [4.69, 9.17) is 0 Å². The molecule has 0 spiro atoms. The van der Waals surface area contributed by atoms with Crippen molar-refractivity contribution in [3.05, 3.63) is 30.3 Å². The molecular weight excluding hydrogens is 174 g/mol. The zero-order chi connectivity index (χ0) is 9.97. The van der Waals surface area contributed by atoms with Gasteiger partial charge in [0, 0.05) is 31.1 Å². The van der Waals surface area contributed by atoms with Gasteiger partial charge in [0.15, 0.2) is 0 Å². The second kappa shape index (κ2) is 3.82. The van der Waals surface area contributed by atoms with Gasteiger partial charge in [-0.1, -0.05) is 25.1 Å². The lowest BCUT2D eigenvalue weighted by Crippen LogP contribution is -2.39. The Bertz CT molecular complexity index is 320. The molecule has 2 heteroatoms. The SMILES string of the molecule is C[C@H]1CN(c2ccccc2)CCC1=O. The number of piperidine rings is 1. The number of benzene rings is 1. The molecular formula is C12H15NO. The van der Waals surface area contributed by atoms with Gasteiger partial charge in [-0.2, -0.15) is 0 Å². The molecule has 1 aliphatic rings. The zero-order valence-corrected chi connectivity index (χ0v) is 8.44. The molecule has 0 unspecified atom stereocenters. The Labute approximate surface area is 84.5 Å². The standard InChI is InChI=1S/C12H15NO/c1-10-9-13(8-7-12(10)14)11-5-3-2-4-6-11/h2-6,10H,7-9H2,1H3/t10-/m0/s1. The van der Waals surface area contributed by atoms with E-state index in [-0.39, 0.29) is 5.92 Å². The second-order valence-corrected chi connectivity index (χ2v) is 3.90. The molecule has 1 heterocycles. The number of nitrogens with zero attached hydrogens (tertiary/aromatic N) is 1. The van der Waals surface area contributed by atoms with Crippen LogP contribution in [0, 0.1) is 5.92 Å². The van der Waals surface area contributed by atoms with Crippen LogP contribution in [0.1, 0.15) is 13.3 Å². The number of hydrogen-bond donors (Lipinski definition) is 0. The summed E-state index contributed by atoms with van der Waals surface area (Å²) < 4.78 is 0. The first-order chi connectivity index (χ1) is 6.77. The van der Waals surface area contributed by atoms with Crippen LogP contribution in [0.25, 0.3) is 0 Å². The van der Waals surface area contributed by atoms with Crippen LogP contribution in [-0.4, -0.2) is 18.9 Å². The maximum atomic E-state index is 11.3. The van der Waals surface area contributed by atoms with Crippen LogP contribution in [0.5, 0.6) is 0 Å². The van der Waals surface area contributed by atoms with Crippen molar-refractivity contribution < 1.29 is 4.79 Å². The Morgan fingerprint density at radius 3 is 2.64 bits per heavy atom. The molecule has 2 rings (SSSR count). The lowest BCUT2D eigenvalue weighted by Gasteiger charge is -2.31. The molecule has 1 fully saturated rings. The zero-order valence-electron chi connectivity index (χ0n) is 8.44. The number of rotatable bonds is 1. The normalized spacial score (nSPS) is 22.5. The van der Waals surface area contributed by atoms with E-state index in [1.807, 2.05) is 25.1 Å². The maximum Gasteiger partial charge on any atom is 0.139 e. The third kappa shape index (κ3) is 1.79. The van der Waals surface area contributed by atoms with Crippen LogP contribution in [0.2, 0.25) is 0 Å². The Morgan fingerprint density at radius 1 is 1.29 bits per heavy atom. The monoisotopic (exact) mass is 189 g/mol. The van der Waals surface area contributed by atoms with Gasteiger partial charge in [-0.3, -0.25) is 4.79 Å². The Morgan fingerprint density at radius 2 is 2.00 bits per heavy atom. The lowest BCUT2D eigenvalue weighted by molar-refractivity contribution is -0.122. The summed E-state index contributed by atoms with van der Waals surface area (Å²) in [5.74, 6) is 0.584. The summed E-state index contributed by atoms with van der Waals surface area (Å²) in [6.45, 7) is 3.74. The van der Waals surface area contributed by atoms with Crippen molar-refractivity contribution in [1.82, 2.24) is 0 Å². The minimum atomic E-state index is 0.184. The molecule has 74 valence electrons. The molecule has 0 N–H and O–H groups in total. The van der Waals surface area contributed by atoms with Gasteiger partial charge in [-0.15, -0.1) is 0 Å². The van der Waals surface area contributed by atoms with Gasteiger partial charge in [-0.05, 0) is 12.1 Å². The van der Waals surface area contributed by atoms with E-state index in [9.17, 15) is 4.79 Å². The minimum Gasteiger partial charge on any atom is -0.370 e. The number of Topliss-reactive ketones (excluding diaryl/α,β-unsaturated/α-hetero) is 1. The molecule has 14 heavy (non-hydrogen) atoms. The maximum absolute atomic E-state index is 11.3. The number of carbonyl (C=O) groups is 1. The Balaban J connectivity index is 2.11. The van der Waals surface area contributed by atoms with Crippen LogP contribution in [0.15, 0.2) is 30.3 Å². The fourth-order valence-electron chi connectivity index (χ4n) is 1.89. The van der Waals surface area contributed by atoms with Crippen molar-refractivity contribution in [2.45, 2.75) is 13.3 Å². The van der Waals surface area contributed by atoms with Gasteiger partial charge in [-0.25, -0.2) is 0 Å². The largest absolute Gasteiger partial charge is 0.370 e. The van der Waals surface area contributed by atoms with Crippen LogP contribution in [0.3, 0.4) is 0 Å². The minimum absolute atomic E-state index is 0.184. The fourth-order valence-corrected chi connectivity index (χ4v) is 1.89. The van der Waals surface area contributed by atoms with Crippen molar-refractivity contribution in [3.63, 3.8) is 0 Å². The molecule has 0 aromatic heterocycles. The second-order valence-electron chi connectivity index (χ2n) is 3.90. The molecule has 0 saturated carbocycles. The highest BCUT2D eigenvalue weighted by atomic mass is 16.1. The molecule has 0 radical (unpaired) electrons. The van der Waals surface area contributed by atoms with E-state index in [1.54, 1.807) is 0 Å². The molecule has 1 aromatic carbocycles. The summed E-state index contributed by atoms with van der Waals surface area (Å²) in [4.78, 5) is 13.6. The number of carbonyl (C=O) groups excluding carboxylic acids is 1. The quantitative estimate of drug-likeness (QED) is 0.674. The predicted molar refractivity (Wildman–Crippen MR) is 57.4 cm³/mol. The smallest absolute Gasteiger partial charge is 0.139 e. The van der Waals surface area contributed by atoms with Crippen LogP contribution < -0.4 is 4.90 Å². The Kier molecular flexibility index (Phi) is 2.53. The van der Waals surface area contributed by atoms with Gasteiger partial charge >= 0.3 is 0 Å². The van der Waals surface area contributed by atoms with Crippen LogP contribution in [0.4, 0.5) is 5.69 Å². The van der Waals surface area contributed by atoms with Crippen molar-refractivity contribution in [2.24, 2.45) is 5.92 Å². The molecule has 2 nitrogen and oxygen atoms in total. The summed E-state index contributed by atoms with van der Waals surface area (Å²) in [6.07, 6.45) is 0.691. The molecule has 0 aliphatic carbocycles. The van der Waals surface area contributed by atoms with Crippen LogP contribution >= 0.6 is 0 Å². The van der Waals surface area contributed by atoms with Gasteiger partial charge in [0.1, 0.15) is 5.78 Å². The molecule has 0 amide bonds. The van der Waals surface area contributed by atoms with Gasteiger partial charge in [0.05, 0.1) is 0 Å². The predicted octanol–water partition coefficient (Wildman–Crippen LogP) is 2.10. The summed E-state index contributed by atoms with van der Waals surface area (Å²) in [7, 11) is 0. The fraction of sp³-hybridized carbons (Fsp3) is 0.417. The van der Waals surface area contributed by atoms with E-state index in [0.717, 1.165) is 13.1 Å². The van der Waals surface area contributed by atoms with Gasteiger partial charge in [0.25, 0.3) is 0 Å². The van der Waals surface area contributed by atoms with Crippen LogP contribution in [-0.2, 0) is 4.79 Å². The topological polar surface area (TPSA) is 20.3 Å². The number of ketones is 1. The van der Waals surface area contributed by atoms with Gasteiger partial charge < -0.3 is 4.90 Å². The first-order valence-corrected chi connectivity index (χ1v) is 5.10. The van der Waals surface area contributed by atoms with E-state index < -0.39 is 0 Å². The van der Waals surface area contributed by atoms with Crippen molar-refractivity contribution in [2.75, 3.05) is 18.0 Å². The molecule has 1 saturated heterocycles. The molecule has 1 atom stereocenters. The Hall–Kier alpha value is -1.31. The molecule has 0 bridgehead atoms. The first-order valence-electron chi connectivity index (χ1n) is 5.10. The number of para-hydroxylation sites is 1. The summed E-state index contributed by atoms with van der Waals surface area (Å²) in [5.41, 5.74) is 1.23. The highest BCUT2D eigenvalue weighted by molar-refractivity contribution is 5.83. The average Bonchev–Trinajstić information content (AvgIpc) is 2.23. The average molecular weight is 189 g/mol.